The largest absolute Gasteiger partial charge is 0.455 e. The number of benzene rings is 1. The summed E-state index contributed by atoms with van der Waals surface area (Å²) in [5, 5.41) is 16.9. The van der Waals surface area contributed by atoms with Crippen LogP contribution in [0.5, 0.6) is 11.5 Å². The molecule has 174 valence electrons. The van der Waals surface area contributed by atoms with Gasteiger partial charge in [0.05, 0.1) is 22.9 Å². The van der Waals surface area contributed by atoms with Crippen LogP contribution < -0.4 is 10.1 Å². The van der Waals surface area contributed by atoms with E-state index in [1.165, 1.54) is 25.4 Å². The summed E-state index contributed by atoms with van der Waals surface area (Å²) in [5.74, 6) is -0.714. The maximum atomic E-state index is 13.4. The summed E-state index contributed by atoms with van der Waals surface area (Å²) in [6.07, 6.45) is -1.90. The fraction of sp³-hybridized carbons (Fsp3) is 0.100. The molecule has 4 rings (SSSR count). The van der Waals surface area contributed by atoms with Gasteiger partial charge in [0.2, 0.25) is 0 Å². The van der Waals surface area contributed by atoms with E-state index in [9.17, 15) is 28.1 Å². The van der Waals surface area contributed by atoms with Crippen LogP contribution in [-0.2, 0) is 6.18 Å². The first-order chi connectivity index (χ1) is 16.0. The zero-order valence-electron chi connectivity index (χ0n) is 17.0. The summed E-state index contributed by atoms with van der Waals surface area (Å²) in [6.45, 7) is 1.34. The maximum absolute atomic E-state index is 13.4. The fourth-order valence-electron chi connectivity index (χ4n) is 3.01. The highest BCUT2D eigenvalue weighted by Crippen LogP contribution is 2.33. The van der Waals surface area contributed by atoms with Crippen LogP contribution in [0.3, 0.4) is 0 Å². The van der Waals surface area contributed by atoms with Gasteiger partial charge in [-0.2, -0.15) is 18.3 Å². The van der Waals surface area contributed by atoms with Crippen LogP contribution in [0.15, 0.2) is 48.8 Å². The summed E-state index contributed by atoms with van der Waals surface area (Å²) in [5.41, 5.74) is -2.55. The van der Waals surface area contributed by atoms with E-state index in [4.69, 9.17) is 16.3 Å². The smallest absolute Gasteiger partial charge is 0.433 e. The number of rotatable bonds is 5. The predicted octanol–water partition coefficient (Wildman–Crippen LogP) is 5.06. The number of carbonyl (C=O) groups is 1. The van der Waals surface area contributed by atoms with Crippen molar-refractivity contribution in [2.75, 3.05) is 5.32 Å². The number of fused-ring (bicyclic) bond motifs is 1. The molecule has 10 nitrogen and oxygen atoms in total. The lowest BCUT2D eigenvalue weighted by atomic mass is 10.2. The Morgan fingerprint density at radius 1 is 1.24 bits per heavy atom. The molecule has 1 aromatic carbocycles. The molecule has 0 aliphatic carbocycles. The van der Waals surface area contributed by atoms with E-state index in [0.29, 0.717) is 4.52 Å². The molecule has 1 N–H and O–H groups in total. The van der Waals surface area contributed by atoms with Crippen molar-refractivity contribution >= 4 is 34.5 Å². The molecule has 0 unspecified atom stereocenters. The second-order valence-electron chi connectivity index (χ2n) is 6.90. The molecule has 0 spiro atoms. The molecule has 3 aromatic heterocycles. The van der Waals surface area contributed by atoms with Crippen molar-refractivity contribution < 1.29 is 27.6 Å². The topological polar surface area (TPSA) is 125 Å². The van der Waals surface area contributed by atoms with Crippen molar-refractivity contribution in [2.24, 2.45) is 0 Å². The Balaban J connectivity index is 1.71. The zero-order valence-corrected chi connectivity index (χ0v) is 17.8. The molecule has 0 saturated carbocycles. The van der Waals surface area contributed by atoms with Gasteiger partial charge in [0.1, 0.15) is 22.2 Å². The zero-order chi connectivity index (χ0) is 24.6. The lowest BCUT2D eigenvalue weighted by Crippen LogP contribution is -2.16. The number of aryl methyl sites for hydroxylation is 1. The fourth-order valence-corrected chi connectivity index (χ4v) is 3.26. The second-order valence-corrected chi connectivity index (χ2v) is 7.27. The molecule has 0 radical (unpaired) electrons. The average molecular weight is 493 g/mol. The Hall–Kier alpha value is -4.26. The van der Waals surface area contributed by atoms with Gasteiger partial charge in [-0.1, -0.05) is 11.6 Å². The number of carbonyl (C=O) groups excluding carboxylic acids is 1. The molecule has 0 atom stereocenters. The minimum atomic E-state index is -4.78. The molecule has 0 fully saturated rings. The van der Waals surface area contributed by atoms with Gasteiger partial charge in [0, 0.05) is 24.0 Å². The van der Waals surface area contributed by atoms with Crippen molar-refractivity contribution in [2.45, 2.75) is 13.1 Å². The third-order valence-corrected chi connectivity index (χ3v) is 4.74. The van der Waals surface area contributed by atoms with Gasteiger partial charge in [0.25, 0.3) is 11.6 Å². The van der Waals surface area contributed by atoms with Crippen molar-refractivity contribution in [1.82, 2.24) is 19.6 Å². The van der Waals surface area contributed by atoms with Crippen molar-refractivity contribution in [3.8, 4) is 11.5 Å². The molecule has 0 saturated heterocycles. The molecule has 34 heavy (non-hydrogen) atoms. The van der Waals surface area contributed by atoms with Crippen molar-refractivity contribution in [3.63, 3.8) is 0 Å². The summed E-state index contributed by atoms with van der Waals surface area (Å²) in [4.78, 5) is 31.2. The van der Waals surface area contributed by atoms with Crippen LogP contribution in [0.1, 0.15) is 21.9 Å². The highest BCUT2D eigenvalue weighted by Gasteiger charge is 2.36. The van der Waals surface area contributed by atoms with E-state index in [1.807, 2.05) is 0 Å². The molecule has 3 heterocycles. The van der Waals surface area contributed by atoms with Gasteiger partial charge in [-0.3, -0.25) is 19.9 Å². The van der Waals surface area contributed by atoms with E-state index < -0.39 is 39.1 Å². The quantitative estimate of drug-likeness (QED) is 0.305. The number of alkyl halides is 3. The number of pyridine rings is 1. The molecule has 0 aliphatic heterocycles. The van der Waals surface area contributed by atoms with Gasteiger partial charge in [-0.05, 0) is 25.1 Å². The number of hydrogen-bond acceptors (Lipinski definition) is 7. The number of ether oxygens (including phenoxy) is 1. The minimum Gasteiger partial charge on any atom is -0.455 e. The summed E-state index contributed by atoms with van der Waals surface area (Å²) in [6, 6.07) is 7.37. The number of hydrogen-bond donors (Lipinski definition) is 1. The lowest BCUT2D eigenvalue weighted by Gasteiger charge is -2.09. The Labute approximate surface area is 193 Å². The molecular formula is C20H12ClF3N6O4. The maximum Gasteiger partial charge on any atom is 0.433 e. The van der Waals surface area contributed by atoms with E-state index in [0.717, 1.165) is 18.2 Å². The number of anilines is 1. The molecule has 0 aliphatic rings. The number of nitro groups is 1. The van der Waals surface area contributed by atoms with Gasteiger partial charge in [-0.15, -0.1) is 0 Å². The van der Waals surface area contributed by atoms with Gasteiger partial charge >= 0.3 is 6.18 Å². The highest BCUT2D eigenvalue weighted by molar-refractivity contribution is 6.37. The number of nitrogens with one attached hydrogen (secondary N) is 1. The number of aromatic nitrogens is 4. The first-order valence-corrected chi connectivity index (χ1v) is 9.72. The Morgan fingerprint density at radius 3 is 2.65 bits per heavy atom. The van der Waals surface area contributed by atoms with Gasteiger partial charge in [-0.25, -0.2) is 9.50 Å². The Kier molecular flexibility index (Phi) is 5.79. The van der Waals surface area contributed by atoms with Crippen LogP contribution in [0, 0.1) is 17.0 Å². The molecule has 14 heteroatoms. The van der Waals surface area contributed by atoms with Crippen LogP contribution in [0.2, 0.25) is 5.02 Å². The van der Waals surface area contributed by atoms with Gasteiger partial charge < -0.3 is 10.1 Å². The van der Waals surface area contributed by atoms with Crippen molar-refractivity contribution in [3.05, 3.63) is 81.0 Å². The normalized spacial score (nSPS) is 11.4. The molecule has 0 bridgehead atoms. The van der Waals surface area contributed by atoms with Gasteiger partial charge in [0.15, 0.2) is 11.3 Å². The van der Waals surface area contributed by atoms with E-state index in [1.54, 1.807) is 12.1 Å². The lowest BCUT2D eigenvalue weighted by molar-refractivity contribution is -0.384. The SMILES string of the molecule is Cc1cc(C(F)(F)F)n2nc(C(=O)Nc3cc(Oc4cccnc4)cc([N+](=O)[O-])c3)c(Cl)c2n1. The number of nitrogens with zero attached hydrogens (tertiary/aromatic N) is 5. The monoisotopic (exact) mass is 492 g/mol. The number of amides is 1. The number of nitro benzene ring substituents is 1. The second kappa shape index (κ2) is 8.59. The predicted molar refractivity (Wildman–Crippen MR) is 113 cm³/mol. The highest BCUT2D eigenvalue weighted by atomic mass is 35.5. The van der Waals surface area contributed by atoms with Crippen LogP contribution in [0.25, 0.3) is 5.65 Å². The van der Waals surface area contributed by atoms with E-state index in [2.05, 4.69) is 20.4 Å². The minimum absolute atomic E-state index is 0.00949. The van der Waals surface area contributed by atoms with E-state index >= 15 is 0 Å². The summed E-state index contributed by atoms with van der Waals surface area (Å²) in [7, 11) is 0. The number of halogens is 4. The van der Waals surface area contributed by atoms with Crippen LogP contribution >= 0.6 is 11.6 Å². The molecule has 1 amide bonds. The average Bonchev–Trinajstić information content (AvgIpc) is 3.09. The first kappa shape index (κ1) is 22.9. The first-order valence-electron chi connectivity index (χ1n) is 9.34. The Bertz CT molecular complexity index is 1430. The van der Waals surface area contributed by atoms with E-state index in [-0.39, 0.29) is 28.5 Å². The van der Waals surface area contributed by atoms with Crippen molar-refractivity contribution in [1.29, 1.82) is 0 Å². The third kappa shape index (κ3) is 4.59. The number of non-ortho nitro benzene ring substituents is 1. The molecule has 4 aromatic rings. The summed E-state index contributed by atoms with van der Waals surface area (Å²) >= 11 is 6.12. The third-order valence-electron chi connectivity index (χ3n) is 4.40. The standard InChI is InChI=1S/C20H12ClF3N6O4/c1-10-5-15(20(22,23)24)29-18(26-10)16(21)17(28-29)19(31)27-11-6-12(30(32)33)8-14(7-11)34-13-3-2-4-25-9-13/h2-9H,1H3,(H,27,31). The summed E-state index contributed by atoms with van der Waals surface area (Å²) < 4.78 is 46.2. The van der Waals surface area contributed by atoms with Crippen LogP contribution in [-0.4, -0.2) is 30.4 Å². The Morgan fingerprint density at radius 2 is 2.00 bits per heavy atom. The van der Waals surface area contributed by atoms with Crippen LogP contribution in [0.4, 0.5) is 24.5 Å². The molecular weight excluding hydrogens is 481 g/mol.